The zero-order valence-electron chi connectivity index (χ0n) is 12.7. The molecule has 0 bridgehead atoms. The van der Waals surface area contributed by atoms with Crippen molar-refractivity contribution < 1.29 is 22.7 Å². The van der Waals surface area contributed by atoms with Crippen LogP contribution in [0.4, 0.5) is 0 Å². The molecule has 1 heterocycles. The Bertz CT molecular complexity index is 911. The van der Waals surface area contributed by atoms with Crippen molar-refractivity contribution in [2.75, 3.05) is 13.0 Å². The van der Waals surface area contributed by atoms with E-state index in [1.807, 2.05) is 6.07 Å². The molecule has 0 radical (unpaired) electrons. The van der Waals surface area contributed by atoms with Crippen LogP contribution in [0.15, 0.2) is 41.3 Å². The summed E-state index contributed by atoms with van der Waals surface area (Å²) >= 11 is 6.01. The molecule has 1 N–H and O–H groups in total. The molecule has 24 heavy (non-hydrogen) atoms. The summed E-state index contributed by atoms with van der Waals surface area (Å²) in [5, 5.41) is 2.90. The van der Waals surface area contributed by atoms with E-state index in [1.54, 1.807) is 12.1 Å². The smallest absolute Gasteiger partial charge is 0.253 e. The molecule has 0 saturated heterocycles. The minimum absolute atomic E-state index is 0.0418. The van der Waals surface area contributed by atoms with Crippen LogP contribution in [0.25, 0.3) is 0 Å². The second kappa shape index (κ2) is 6.33. The van der Waals surface area contributed by atoms with E-state index < -0.39 is 15.7 Å². The number of carbonyl (C=O) groups is 1. The minimum atomic E-state index is -3.42. The Morgan fingerprint density at radius 1 is 1.17 bits per heavy atom. The van der Waals surface area contributed by atoms with E-state index in [1.165, 1.54) is 18.2 Å². The van der Waals surface area contributed by atoms with Gasteiger partial charge in [-0.05, 0) is 35.9 Å². The number of benzene rings is 2. The fraction of sp³-hybridized carbons (Fsp3) is 0.188. The zero-order chi connectivity index (χ0) is 17.3. The number of amides is 1. The Morgan fingerprint density at radius 2 is 1.92 bits per heavy atom. The number of hydrogen-bond acceptors (Lipinski definition) is 5. The van der Waals surface area contributed by atoms with Crippen LogP contribution in [0, 0.1) is 0 Å². The van der Waals surface area contributed by atoms with Crippen molar-refractivity contribution in [2.45, 2.75) is 11.4 Å². The highest BCUT2D eigenvalue weighted by molar-refractivity contribution is 7.90. The number of rotatable bonds is 4. The molecule has 0 atom stereocenters. The zero-order valence-corrected chi connectivity index (χ0v) is 14.3. The Balaban J connectivity index is 1.75. The van der Waals surface area contributed by atoms with E-state index in [9.17, 15) is 13.2 Å². The molecular formula is C16H14ClNO5S. The van der Waals surface area contributed by atoms with E-state index in [0.29, 0.717) is 11.5 Å². The number of fused-ring (bicyclic) bond motifs is 1. The van der Waals surface area contributed by atoms with E-state index in [0.717, 1.165) is 11.8 Å². The lowest BCUT2D eigenvalue weighted by Gasteiger charge is -2.09. The van der Waals surface area contributed by atoms with Crippen LogP contribution in [0.5, 0.6) is 11.5 Å². The largest absolute Gasteiger partial charge is 0.454 e. The predicted molar refractivity (Wildman–Crippen MR) is 88.3 cm³/mol. The lowest BCUT2D eigenvalue weighted by Crippen LogP contribution is -2.23. The average Bonchev–Trinajstić information content (AvgIpc) is 2.99. The van der Waals surface area contributed by atoms with Gasteiger partial charge in [-0.2, -0.15) is 0 Å². The first-order chi connectivity index (χ1) is 11.3. The molecule has 0 unspecified atom stereocenters. The summed E-state index contributed by atoms with van der Waals surface area (Å²) in [6.07, 6.45) is 1.07. The van der Waals surface area contributed by atoms with E-state index in [-0.39, 0.29) is 28.8 Å². The maximum absolute atomic E-state index is 12.3. The molecular weight excluding hydrogens is 354 g/mol. The molecule has 0 spiro atoms. The van der Waals surface area contributed by atoms with E-state index in [4.69, 9.17) is 21.1 Å². The Labute approximate surface area is 144 Å². The monoisotopic (exact) mass is 367 g/mol. The van der Waals surface area contributed by atoms with Crippen molar-refractivity contribution in [1.82, 2.24) is 5.32 Å². The van der Waals surface area contributed by atoms with Crippen LogP contribution < -0.4 is 14.8 Å². The van der Waals surface area contributed by atoms with Crippen molar-refractivity contribution in [3.63, 3.8) is 0 Å². The van der Waals surface area contributed by atoms with Crippen LogP contribution in [-0.2, 0) is 16.4 Å². The summed E-state index contributed by atoms with van der Waals surface area (Å²) in [6, 6.07) is 9.38. The number of hydrogen-bond donors (Lipinski definition) is 1. The molecule has 8 heteroatoms. The van der Waals surface area contributed by atoms with Crippen molar-refractivity contribution in [3.05, 3.63) is 52.5 Å². The maximum atomic E-state index is 12.3. The normalized spacial score (nSPS) is 12.9. The predicted octanol–water partition coefficient (Wildman–Crippen LogP) is 2.40. The second-order valence-electron chi connectivity index (χ2n) is 5.28. The summed E-state index contributed by atoms with van der Waals surface area (Å²) < 4.78 is 33.7. The third kappa shape index (κ3) is 3.47. The van der Waals surface area contributed by atoms with E-state index >= 15 is 0 Å². The number of carbonyl (C=O) groups excluding carboxylic acids is 1. The van der Waals surface area contributed by atoms with Gasteiger partial charge in [-0.25, -0.2) is 8.42 Å². The van der Waals surface area contributed by atoms with Gasteiger partial charge >= 0.3 is 0 Å². The molecule has 0 aromatic heterocycles. The maximum Gasteiger partial charge on any atom is 0.253 e. The number of nitrogens with one attached hydrogen (secondary N) is 1. The molecule has 2 aromatic rings. The van der Waals surface area contributed by atoms with Gasteiger partial charge in [0.2, 0.25) is 6.79 Å². The van der Waals surface area contributed by atoms with Gasteiger partial charge in [0.1, 0.15) is 0 Å². The highest BCUT2D eigenvalue weighted by atomic mass is 35.5. The van der Waals surface area contributed by atoms with Gasteiger partial charge in [0.25, 0.3) is 5.91 Å². The first-order valence-corrected chi connectivity index (χ1v) is 9.28. The first-order valence-electron chi connectivity index (χ1n) is 7.01. The lowest BCUT2D eigenvalue weighted by molar-refractivity contribution is 0.0950. The molecule has 2 aromatic carbocycles. The summed E-state index contributed by atoms with van der Waals surface area (Å²) in [6.45, 7) is 0.425. The van der Waals surface area contributed by atoms with Crippen molar-refractivity contribution >= 4 is 27.3 Å². The number of halogens is 1. The van der Waals surface area contributed by atoms with Crippen LogP contribution in [0.1, 0.15) is 15.9 Å². The third-order valence-corrected chi connectivity index (χ3v) is 4.94. The van der Waals surface area contributed by atoms with Crippen molar-refractivity contribution in [1.29, 1.82) is 0 Å². The van der Waals surface area contributed by atoms with Crippen LogP contribution in [0.2, 0.25) is 5.02 Å². The summed E-state index contributed by atoms with van der Waals surface area (Å²) in [5.74, 6) is 0.830. The highest BCUT2D eigenvalue weighted by Gasteiger charge is 2.16. The van der Waals surface area contributed by atoms with Gasteiger partial charge in [-0.3, -0.25) is 4.79 Å². The van der Waals surface area contributed by atoms with Gasteiger partial charge in [0, 0.05) is 12.8 Å². The molecule has 0 aliphatic carbocycles. The van der Waals surface area contributed by atoms with Crippen LogP contribution in [-0.4, -0.2) is 27.4 Å². The molecule has 1 aliphatic heterocycles. The van der Waals surface area contributed by atoms with Gasteiger partial charge in [-0.15, -0.1) is 0 Å². The summed E-state index contributed by atoms with van der Waals surface area (Å²) in [4.78, 5) is 12.3. The molecule has 3 rings (SSSR count). The van der Waals surface area contributed by atoms with Gasteiger partial charge in [-0.1, -0.05) is 17.7 Å². The number of sulfone groups is 1. The molecule has 126 valence electrons. The van der Waals surface area contributed by atoms with Crippen LogP contribution in [0.3, 0.4) is 0 Å². The number of ether oxygens (including phenoxy) is 2. The second-order valence-corrected chi connectivity index (χ2v) is 7.71. The molecule has 0 saturated carbocycles. The molecule has 6 nitrogen and oxygen atoms in total. The van der Waals surface area contributed by atoms with Crippen LogP contribution >= 0.6 is 11.6 Å². The molecule has 1 aliphatic rings. The average molecular weight is 368 g/mol. The Hall–Kier alpha value is -2.25. The molecule has 1 amide bonds. The SMILES string of the molecule is CS(=O)(=O)c1ccc(Cl)c(C(=O)NCc2ccc3c(c2)OCO3)c1. The van der Waals surface area contributed by atoms with Crippen molar-refractivity contribution in [2.24, 2.45) is 0 Å². The Kier molecular flexibility index (Phi) is 4.38. The standard InChI is InChI=1S/C16H14ClNO5S/c1-24(20,21)11-3-4-13(17)12(7-11)16(19)18-8-10-2-5-14-15(6-10)23-9-22-14/h2-7H,8-9H2,1H3,(H,18,19). The summed E-state index contributed by atoms with van der Waals surface area (Å²) in [7, 11) is -3.42. The van der Waals surface area contributed by atoms with Gasteiger partial charge in [0.05, 0.1) is 15.5 Å². The third-order valence-electron chi connectivity index (χ3n) is 3.50. The van der Waals surface area contributed by atoms with E-state index in [2.05, 4.69) is 5.32 Å². The molecule has 0 fully saturated rings. The lowest BCUT2D eigenvalue weighted by atomic mass is 10.1. The Morgan fingerprint density at radius 3 is 2.67 bits per heavy atom. The highest BCUT2D eigenvalue weighted by Crippen LogP contribution is 2.32. The van der Waals surface area contributed by atoms with Gasteiger partial charge in [0.15, 0.2) is 21.3 Å². The quantitative estimate of drug-likeness (QED) is 0.897. The minimum Gasteiger partial charge on any atom is -0.454 e. The fourth-order valence-electron chi connectivity index (χ4n) is 2.24. The fourth-order valence-corrected chi connectivity index (χ4v) is 3.09. The topological polar surface area (TPSA) is 81.7 Å². The van der Waals surface area contributed by atoms with Crippen molar-refractivity contribution in [3.8, 4) is 11.5 Å². The first kappa shape index (κ1) is 16.6. The van der Waals surface area contributed by atoms with Gasteiger partial charge < -0.3 is 14.8 Å². The summed E-state index contributed by atoms with van der Waals surface area (Å²) in [5.41, 5.74) is 0.934.